The van der Waals surface area contributed by atoms with Crippen LogP contribution in [0.5, 0.6) is 0 Å². The van der Waals surface area contributed by atoms with Crippen LogP contribution in [0.3, 0.4) is 0 Å². The van der Waals surface area contributed by atoms with E-state index in [1.807, 2.05) is 12.4 Å². The monoisotopic (exact) mass is 248 g/mol. The highest BCUT2D eigenvalue weighted by Gasteiger charge is 2.28. The molecule has 0 saturated carbocycles. The van der Waals surface area contributed by atoms with Gasteiger partial charge in [-0.25, -0.2) is 0 Å². The van der Waals surface area contributed by atoms with E-state index < -0.39 is 0 Å². The summed E-state index contributed by atoms with van der Waals surface area (Å²) in [5, 5.41) is 0. The molecule has 0 spiro atoms. The average Bonchev–Trinajstić information content (AvgIpc) is 2.37. The highest BCUT2D eigenvalue weighted by atomic mass is 15.3. The highest BCUT2D eigenvalue weighted by Crippen LogP contribution is 2.18. The van der Waals surface area contributed by atoms with Gasteiger partial charge in [0.05, 0.1) is 0 Å². The Morgan fingerprint density at radius 1 is 1.33 bits per heavy atom. The summed E-state index contributed by atoms with van der Waals surface area (Å²) >= 11 is 0. The lowest BCUT2D eigenvalue weighted by molar-refractivity contribution is 0.0443. The van der Waals surface area contributed by atoms with Gasteiger partial charge in [0.25, 0.3) is 0 Å². The Labute approximate surface area is 110 Å². The second kappa shape index (κ2) is 6.27. The molecule has 4 heteroatoms. The molecule has 1 aromatic rings. The van der Waals surface area contributed by atoms with Gasteiger partial charge in [0.1, 0.15) is 0 Å². The molecule has 2 N–H and O–H groups in total. The molecule has 1 aliphatic rings. The first-order valence-corrected chi connectivity index (χ1v) is 6.74. The van der Waals surface area contributed by atoms with Crippen molar-refractivity contribution in [3.05, 3.63) is 30.1 Å². The van der Waals surface area contributed by atoms with Crippen molar-refractivity contribution in [2.45, 2.75) is 32.0 Å². The number of hydrogen-bond acceptors (Lipinski definition) is 4. The van der Waals surface area contributed by atoms with Gasteiger partial charge in [0.2, 0.25) is 0 Å². The zero-order chi connectivity index (χ0) is 13.0. The molecule has 0 radical (unpaired) electrons. The zero-order valence-corrected chi connectivity index (χ0v) is 11.4. The smallest absolute Gasteiger partial charge is 0.0271 e. The highest BCUT2D eigenvalue weighted by molar-refractivity contribution is 5.10. The first-order chi connectivity index (χ1) is 8.70. The van der Waals surface area contributed by atoms with Crippen LogP contribution in [0.4, 0.5) is 0 Å². The van der Waals surface area contributed by atoms with Crippen LogP contribution in [0.15, 0.2) is 24.5 Å². The summed E-state index contributed by atoms with van der Waals surface area (Å²) in [6.07, 6.45) is 4.82. The maximum Gasteiger partial charge on any atom is 0.0271 e. The van der Waals surface area contributed by atoms with Crippen molar-refractivity contribution in [1.29, 1.82) is 0 Å². The molecule has 4 nitrogen and oxygen atoms in total. The van der Waals surface area contributed by atoms with Gasteiger partial charge in [-0.3, -0.25) is 9.88 Å². The predicted octanol–water partition coefficient (Wildman–Crippen LogP) is 0.935. The van der Waals surface area contributed by atoms with Crippen molar-refractivity contribution >= 4 is 0 Å². The lowest BCUT2D eigenvalue weighted by Crippen LogP contribution is -2.55. The average molecular weight is 248 g/mol. The van der Waals surface area contributed by atoms with Gasteiger partial charge < -0.3 is 10.6 Å². The van der Waals surface area contributed by atoms with Crippen molar-refractivity contribution < 1.29 is 0 Å². The van der Waals surface area contributed by atoms with E-state index in [-0.39, 0.29) is 0 Å². The maximum absolute atomic E-state index is 5.70. The Bertz CT molecular complexity index is 354. The van der Waals surface area contributed by atoms with Crippen molar-refractivity contribution in [2.75, 3.05) is 26.7 Å². The second-order valence-electron chi connectivity index (χ2n) is 5.30. The third kappa shape index (κ3) is 3.28. The van der Waals surface area contributed by atoms with Gasteiger partial charge in [0.15, 0.2) is 0 Å². The molecule has 2 heterocycles. The molecule has 100 valence electrons. The van der Waals surface area contributed by atoms with Crippen LogP contribution in [0, 0.1) is 0 Å². The Morgan fingerprint density at radius 3 is 2.72 bits per heavy atom. The van der Waals surface area contributed by atoms with Crippen LogP contribution in [-0.2, 0) is 6.54 Å². The molecule has 1 fully saturated rings. The quantitative estimate of drug-likeness (QED) is 0.861. The number of nitrogens with zero attached hydrogens (tertiary/aromatic N) is 3. The van der Waals surface area contributed by atoms with E-state index in [9.17, 15) is 0 Å². The maximum atomic E-state index is 5.70. The van der Waals surface area contributed by atoms with E-state index in [4.69, 9.17) is 5.73 Å². The van der Waals surface area contributed by atoms with E-state index >= 15 is 0 Å². The predicted molar refractivity (Wildman–Crippen MR) is 74.2 cm³/mol. The number of rotatable bonds is 4. The van der Waals surface area contributed by atoms with Gasteiger partial charge in [0, 0.05) is 44.1 Å². The second-order valence-corrected chi connectivity index (χ2v) is 5.30. The normalized spacial score (nSPS) is 26.4. The minimum atomic E-state index is 0.591. The van der Waals surface area contributed by atoms with Crippen LogP contribution >= 0.6 is 0 Å². The molecular formula is C14H24N4. The van der Waals surface area contributed by atoms with E-state index in [0.29, 0.717) is 12.1 Å². The summed E-state index contributed by atoms with van der Waals surface area (Å²) in [7, 11) is 2.21. The van der Waals surface area contributed by atoms with Gasteiger partial charge in [-0.2, -0.15) is 0 Å². The van der Waals surface area contributed by atoms with Crippen molar-refractivity contribution in [3.63, 3.8) is 0 Å². The molecule has 1 aromatic heterocycles. The lowest BCUT2D eigenvalue weighted by atomic mass is 10.0. The fraction of sp³-hybridized carbons (Fsp3) is 0.643. The van der Waals surface area contributed by atoms with Crippen LogP contribution in [0.2, 0.25) is 0 Å². The van der Waals surface area contributed by atoms with Gasteiger partial charge >= 0.3 is 0 Å². The largest absolute Gasteiger partial charge is 0.330 e. The number of piperazine rings is 1. The van der Waals surface area contributed by atoms with Gasteiger partial charge in [-0.1, -0.05) is 0 Å². The van der Waals surface area contributed by atoms with E-state index in [0.717, 1.165) is 32.6 Å². The van der Waals surface area contributed by atoms with Gasteiger partial charge in [-0.15, -0.1) is 0 Å². The SMILES string of the molecule is CC1CN(C)C(CCN)CN1Cc1ccncc1. The van der Waals surface area contributed by atoms with E-state index in [2.05, 4.69) is 40.9 Å². The molecule has 0 aromatic carbocycles. The fourth-order valence-electron chi connectivity index (χ4n) is 2.72. The summed E-state index contributed by atoms with van der Waals surface area (Å²) in [5.74, 6) is 0. The van der Waals surface area contributed by atoms with Crippen LogP contribution < -0.4 is 5.73 Å². The van der Waals surface area contributed by atoms with Crippen LogP contribution in [-0.4, -0.2) is 53.5 Å². The molecule has 0 bridgehead atoms. The summed E-state index contributed by atoms with van der Waals surface area (Å²) in [6.45, 7) is 6.31. The van der Waals surface area contributed by atoms with Crippen molar-refractivity contribution in [2.24, 2.45) is 5.73 Å². The zero-order valence-electron chi connectivity index (χ0n) is 11.4. The third-order valence-corrected chi connectivity index (χ3v) is 3.88. The summed E-state index contributed by atoms with van der Waals surface area (Å²) < 4.78 is 0. The molecule has 1 saturated heterocycles. The summed E-state index contributed by atoms with van der Waals surface area (Å²) in [4.78, 5) is 9.07. The Kier molecular flexibility index (Phi) is 4.69. The first-order valence-electron chi connectivity index (χ1n) is 6.74. The van der Waals surface area contributed by atoms with E-state index in [1.54, 1.807) is 0 Å². The Hall–Kier alpha value is -0.970. The van der Waals surface area contributed by atoms with Crippen molar-refractivity contribution in [3.8, 4) is 0 Å². The topological polar surface area (TPSA) is 45.4 Å². The minimum absolute atomic E-state index is 0.591. The molecule has 2 rings (SSSR count). The summed E-state index contributed by atoms with van der Waals surface area (Å²) in [6, 6.07) is 5.39. The molecule has 1 aliphatic heterocycles. The number of aromatic nitrogens is 1. The number of hydrogen-bond donors (Lipinski definition) is 1. The Morgan fingerprint density at radius 2 is 2.06 bits per heavy atom. The fourth-order valence-corrected chi connectivity index (χ4v) is 2.72. The molecular weight excluding hydrogens is 224 g/mol. The standard InChI is InChI=1S/C14H24N4/c1-12-9-17(2)14(3-6-15)11-18(12)10-13-4-7-16-8-5-13/h4-5,7-8,12,14H,3,6,9-11,15H2,1-2H3. The number of pyridine rings is 1. The third-order valence-electron chi connectivity index (χ3n) is 3.88. The number of nitrogens with two attached hydrogens (primary N) is 1. The minimum Gasteiger partial charge on any atom is -0.330 e. The van der Waals surface area contributed by atoms with Gasteiger partial charge in [-0.05, 0) is 44.6 Å². The Balaban J connectivity index is 1.99. The molecule has 18 heavy (non-hydrogen) atoms. The lowest BCUT2D eigenvalue weighted by Gasteiger charge is -2.43. The molecule has 0 aliphatic carbocycles. The van der Waals surface area contributed by atoms with Crippen LogP contribution in [0.1, 0.15) is 18.9 Å². The number of likely N-dealkylation sites (N-methyl/N-ethyl adjacent to an activating group) is 1. The van der Waals surface area contributed by atoms with Crippen LogP contribution in [0.25, 0.3) is 0 Å². The molecule has 2 unspecified atom stereocenters. The molecule has 2 atom stereocenters. The first kappa shape index (κ1) is 13.5. The summed E-state index contributed by atoms with van der Waals surface area (Å²) in [5.41, 5.74) is 7.04. The molecule has 0 amide bonds. The van der Waals surface area contributed by atoms with Crippen molar-refractivity contribution in [1.82, 2.24) is 14.8 Å². The van der Waals surface area contributed by atoms with E-state index in [1.165, 1.54) is 5.56 Å².